The number of carbonyl (C=O) groups is 1. The summed E-state index contributed by atoms with van der Waals surface area (Å²) in [5.74, 6) is 0. The van der Waals surface area contributed by atoms with Crippen LogP contribution in [-0.2, 0) is 11.8 Å². The Morgan fingerprint density at radius 1 is 1.46 bits per heavy atom. The Morgan fingerprint density at radius 2 is 2.12 bits per heavy atom. The third-order valence-corrected chi connectivity index (χ3v) is 5.31. The van der Waals surface area contributed by atoms with Gasteiger partial charge in [0.1, 0.15) is 0 Å². The van der Waals surface area contributed by atoms with Crippen LogP contribution in [0.5, 0.6) is 0 Å². The second kappa shape index (κ2) is 6.72. The lowest BCUT2D eigenvalue weighted by atomic mass is 9.63. The van der Waals surface area contributed by atoms with E-state index in [1.165, 1.54) is 0 Å². The summed E-state index contributed by atoms with van der Waals surface area (Å²) in [7, 11) is 1.86. The second-order valence-corrected chi connectivity index (χ2v) is 7.37. The van der Waals surface area contributed by atoms with Crippen LogP contribution in [0.15, 0.2) is 12.4 Å². The molecule has 2 aliphatic rings. The normalized spacial score (nSPS) is 27.4. The van der Waals surface area contributed by atoms with Crippen molar-refractivity contribution in [1.82, 2.24) is 20.0 Å². The van der Waals surface area contributed by atoms with Crippen molar-refractivity contribution in [3.05, 3.63) is 18.0 Å². The van der Waals surface area contributed by atoms with Crippen LogP contribution in [0, 0.1) is 5.41 Å². The molecule has 2 amide bonds. The largest absolute Gasteiger partial charge is 0.396 e. The number of nitrogens with one attached hydrogen (secondary N) is 1. The van der Waals surface area contributed by atoms with Crippen molar-refractivity contribution < 1.29 is 14.6 Å². The smallest absolute Gasteiger partial charge is 0.318 e. The summed E-state index contributed by atoms with van der Waals surface area (Å²) in [5, 5.41) is 17.4. The number of aliphatic hydroxyl groups excluding tert-OH is 1. The summed E-state index contributed by atoms with van der Waals surface area (Å²) in [6, 6.07) is -0.309. The molecule has 0 spiro atoms. The van der Waals surface area contributed by atoms with Gasteiger partial charge in [0.25, 0.3) is 0 Å². The van der Waals surface area contributed by atoms with Gasteiger partial charge in [0.05, 0.1) is 31.1 Å². The van der Waals surface area contributed by atoms with E-state index in [4.69, 9.17) is 4.74 Å². The molecule has 1 aliphatic carbocycles. The van der Waals surface area contributed by atoms with E-state index >= 15 is 0 Å². The molecule has 3 atom stereocenters. The van der Waals surface area contributed by atoms with Gasteiger partial charge in [0.15, 0.2) is 0 Å². The van der Waals surface area contributed by atoms with E-state index in [1.54, 1.807) is 10.9 Å². The number of aryl methyl sites for hydroxylation is 1. The Kier molecular flexibility index (Phi) is 4.83. The summed E-state index contributed by atoms with van der Waals surface area (Å²) >= 11 is 0. The van der Waals surface area contributed by atoms with E-state index < -0.39 is 0 Å². The van der Waals surface area contributed by atoms with E-state index in [0.717, 1.165) is 24.8 Å². The topological polar surface area (TPSA) is 79.6 Å². The number of ether oxygens (including phenoxy) is 1. The first-order chi connectivity index (χ1) is 11.4. The van der Waals surface area contributed by atoms with Gasteiger partial charge >= 0.3 is 6.03 Å². The number of morpholine rings is 1. The third-order valence-electron chi connectivity index (χ3n) is 5.31. The Hall–Kier alpha value is -1.60. The summed E-state index contributed by atoms with van der Waals surface area (Å²) in [6.45, 7) is 5.21. The van der Waals surface area contributed by atoms with Crippen molar-refractivity contribution in [2.24, 2.45) is 12.5 Å². The molecule has 134 valence electrons. The average molecular weight is 336 g/mol. The molecule has 7 heteroatoms. The van der Waals surface area contributed by atoms with E-state index in [2.05, 4.69) is 10.4 Å². The zero-order chi connectivity index (χ0) is 17.3. The number of urea groups is 1. The highest BCUT2D eigenvalue weighted by Crippen LogP contribution is 2.49. The standard InChI is InChI=1S/C17H28N4O3/c1-12-8-21(9-13(2)24-12)16(23)19-15(14-7-18-20(3)10-14)17(11-22)5-4-6-17/h7,10,12-13,15,22H,4-6,8-9,11H2,1-3H3,(H,19,23)/t12-,13+,15?. The Labute approximate surface area is 143 Å². The summed E-state index contributed by atoms with van der Waals surface area (Å²) in [4.78, 5) is 14.6. The van der Waals surface area contributed by atoms with Crippen LogP contribution < -0.4 is 5.32 Å². The fourth-order valence-corrected chi connectivity index (χ4v) is 3.91. The second-order valence-electron chi connectivity index (χ2n) is 7.37. The van der Waals surface area contributed by atoms with E-state index in [9.17, 15) is 9.90 Å². The quantitative estimate of drug-likeness (QED) is 0.872. The number of nitrogens with zero attached hydrogens (tertiary/aromatic N) is 3. The molecule has 0 radical (unpaired) electrons. The number of carbonyl (C=O) groups excluding carboxylic acids is 1. The van der Waals surface area contributed by atoms with E-state index in [-0.39, 0.29) is 36.3 Å². The predicted octanol–water partition coefficient (Wildman–Crippen LogP) is 1.44. The van der Waals surface area contributed by atoms with Crippen LogP contribution in [0.25, 0.3) is 0 Å². The Bertz CT molecular complexity index is 569. The molecule has 1 saturated carbocycles. The van der Waals surface area contributed by atoms with Gasteiger partial charge in [0.2, 0.25) is 0 Å². The van der Waals surface area contributed by atoms with Crippen molar-refractivity contribution in [1.29, 1.82) is 0 Å². The molecule has 1 aromatic rings. The van der Waals surface area contributed by atoms with Gasteiger partial charge < -0.3 is 20.1 Å². The van der Waals surface area contributed by atoms with Crippen LogP contribution >= 0.6 is 0 Å². The van der Waals surface area contributed by atoms with Gasteiger partial charge in [-0.3, -0.25) is 4.68 Å². The number of aliphatic hydroxyl groups is 1. The molecule has 3 rings (SSSR count). The first-order valence-corrected chi connectivity index (χ1v) is 8.74. The molecule has 1 aromatic heterocycles. The minimum atomic E-state index is -0.276. The molecule has 0 aromatic carbocycles. The van der Waals surface area contributed by atoms with Crippen LogP contribution in [0.4, 0.5) is 4.79 Å². The van der Waals surface area contributed by atoms with Gasteiger partial charge in [-0.25, -0.2) is 4.79 Å². The predicted molar refractivity (Wildman–Crippen MR) is 89.4 cm³/mol. The lowest BCUT2D eigenvalue weighted by Crippen LogP contribution is -2.55. The van der Waals surface area contributed by atoms with Crippen LogP contribution in [0.2, 0.25) is 0 Å². The zero-order valence-electron chi connectivity index (χ0n) is 14.7. The van der Waals surface area contributed by atoms with Crippen molar-refractivity contribution in [3.63, 3.8) is 0 Å². The summed E-state index contributed by atoms with van der Waals surface area (Å²) < 4.78 is 7.44. The molecule has 1 aliphatic heterocycles. The first kappa shape index (κ1) is 17.2. The third kappa shape index (κ3) is 3.28. The summed E-state index contributed by atoms with van der Waals surface area (Å²) in [5.41, 5.74) is 0.677. The molecule has 0 bridgehead atoms. The van der Waals surface area contributed by atoms with E-state index in [1.807, 2.05) is 32.0 Å². The van der Waals surface area contributed by atoms with Crippen molar-refractivity contribution in [2.45, 2.75) is 51.4 Å². The lowest BCUT2D eigenvalue weighted by Gasteiger charge is -2.47. The summed E-state index contributed by atoms with van der Waals surface area (Å²) in [6.07, 6.45) is 6.69. The monoisotopic (exact) mass is 336 g/mol. The Balaban J connectivity index is 1.78. The zero-order valence-corrected chi connectivity index (χ0v) is 14.7. The SMILES string of the molecule is C[C@@H]1CN(C(=O)NC(c2cnn(C)c2)C2(CO)CCC2)C[C@H](C)O1. The fraction of sp³-hybridized carbons (Fsp3) is 0.765. The highest BCUT2D eigenvalue weighted by Gasteiger charge is 2.46. The number of rotatable bonds is 4. The fourth-order valence-electron chi connectivity index (χ4n) is 3.91. The minimum Gasteiger partial charge on any atom is -0.396 e. The number of hydrogen-bond donors (Lipinski definition) is 2. The van der Waals surface area contributed by atoms with Crippen molar-refractivity contribution >= 4 is 6.03 Å². The molecule has 2 N–H and O–H groups in total. The highest BCUT2D eigenvalue weighted by atomic mass is 16.5. The minimum absolute atomic E-state index is 0.0341. The van der Waals surface area contributed by atoms with Gasteiger partial charge in [-0.1, -0.05) is 6.42 Å². The molecule has 1 saturated heterocycles. The number of hydrogen-bond acceptors (Lipinski definition) is 4. The van der Waals surface area contributed by atoms with Gasteiger partial charge in [-0.15, -0.1) is 0 Å². The maximum atomic E-state index is 12.8. The Morgan fingerprint density at radius 3 is 2.58 bits per heavy atom. The maximum Gasteiger partial charge on any atom is 0.318 e. The number of amides is 2. The van der Waals surface area contributed by atoms with Gasteiger partial charge in [0, 0.05) is 37.3 Å². The van der Waals surface area contributed by atoms with Crippen LogP contribution in [0.1, 0.15) is 44.7 Å². The molecular weight excluding hydrogens is 308 g/mol. The highest BCUT2D eigenvalue weighted by molar-refractivity contribution is 5.75. The molecule has 1 unspecified atom stereocenters. The first-order valence-electron chi connectivity index (χ1n) is 8.74. The van der Waals surface area contributed by atoms with Gasteiger partial charge in [-0.05, 0) is 26.7 Å². The molecular formula is C17H28N4O3. The van der Waals surface area contributed by atoms with Crippen LogP contribution in [0.3, 0.4) is 0 Å². The molecule has 24 heavy (non-hydrogen) atoms. The molecule has 2 fully saturated rings. The van der Waals surface area contributed by atoms with Crippen molar-refractivity contribution in [3.8, 4) is 0 Å². The average Bonchev–Trinajstić information content (AvgIpc) is 2.90. The van der Waals surface area contributed by atoms with Crippen molar-refractivity contribution in [2.75, 3.05) is 19.7 Å². The van der Waals surface area contributed by atoms with Gasteiger partial charge in [-0.2, -0.15) is 5.10 Å². The van der Waals surface area contributed by atoms with E-state index in [0.29, 0.717) is 13.1 Å². The molecule has 7 nitrogen and oxygen atoms in total. The molecule has 2 heterocycles. The van der Waals surface area contributed by atoms with Crippen LogP contribution in [-0.4, -0.2) is 57.7 Å². The number of aromatic nitrogens is 2. The lowest BCUT2D eigenvalue weighted by molar-refractivity contribution is -0.0566. The maximum absolute atomic E-state index is 12.8.